The van der Waals surface area contributed by atoms with Crippen LogP contribution < -0.4 is 5.32 Å². The minimum absolute atomic E-state index is 0.0949. The Labute approximate surface area is 83.2 Å². The predicted octanol–water partition coefficient (Wildman–Crippen LogP) is 0.416. The van der Waals surface area contributed by atoms with Gasteiger partial charge in [0.1, 0.15) is 5.82 Å². The summed E-state index contributed by atoms with van der Waals surface area (Å²) in [5, 5.41) is 11.9. The highest BCUT2D eigenvalue weighted by molar-refractivity contribution is 5.31. The number of nitrogens with one attached hydrogen (secondary N) is 1. The first kappa shape index (κ1) is 10.9. The molecular formula is C9H15N3O2. The average molecular weight is 197 g/mol. The lowest BCUT2D eigenvalue weighted by atomic mass is 10.4. The first-order valence-electron chi connectivity index (χ1n) is 4.44. The van der Waals surface area contributed by atoms with E-state index in [4.69, 9.17) is 9.84 Å². The molecule has 0 saturated heterocycles. The SMILES string of the molecule is COC(C)CNc1cncc(CO)n1. The Balaban J connectivity index is 2.50. The average Bonchev–Trinajstić information content (AvgIpc) is 2.26. The van der Waals surface area contributed by atoms with E-state index in [0.717, 1.165) is 0 Å². The lowest BCUT2D eigenvalue weighted by molar-refractivity contribution is 0.128. The number of aliphatic hydroxyl groups is 1. The van der Waals surface area contributed by atoms with E-state index in [9.17, 15) is 0 Å². The summed E-state index contributed by atoms with van der Waals surface area (Å²) in [5.41, 5.74) is 0.556. The van der Waals surface area contributed by atoms with Crippen LogP contribution in [0.15, 0.2) is 12.4 Å². The molecular weight excluding hydrogens is 182 g/mol. The van der Waals surface area contributed by atoms with Crippen molar-refractivity contribution in [3.05, 3.63) is 18.1 Å². The second-order valence-corrected chi connectivity index (χ2v) is 2.98. The van der Waals surface area contributed by atoms with Crippen LogP contribution in [0, 0.1) is 0 Å². The number of nitrogens with zero attached hydrogens (tertiary/aromatic N) is 2. The van der Waals surface area contributed by atoms with Crippen LogP contribution in [0.5, 0.6) is 0 Å². The Morgan fingerprint density at radius 1 is 1.57 bits per heavy atom. The summed E-state index contributed by atoms with van der Waals surface area (Å²) in [6.45, 7) is 2.53. The normalized spacial score (nSPS) is 12.5. The summed E-state index contributed by atoms with van der Waals surface area (Å²) in [5.74, 6) is 0.653. The van der Waals surface area contributed by atoms with Gasteiger partial charge in [-0.1, -0.05) is 0 Å². The highest BCUT2D eigenvalue weighted by Crippen LogP contribution is 2.02. The van der Waals surface area contributed by atoms with Crippen molar-refractivity contribution in [2.75, 3.05) is 19.0 Å². The molecule has 5 heteroatoms. The number of ether oxygens (including phenoxy) is 1. The number of rotatable bonds is 5. The fraction of sp³-hybridized carbons (Fsp3) is 0.556. The Morgan fingerprint density at radius 3 is 3.00 bits per heavy atom. The number of hydrogen-bond donors (Lipinski definition) is 2. The molecule has 14 heavy (non-hydrogen) atoms. The molecule has 0 amide bonds. The molecule has 5 nitrogen and oxygen atoms in total. The van der Waals surface area contributed by atoms with Crippen molar-refractivity contribution in [2.24, 2.45) is 0 Å². The Kier molecular flexibility index (Phi) is 4.28. The van der Waals surface area contributed by atoms with E-state index in [-0.39, 0.29) is 12.7 Å². The summed E-state index contributed by atoms with van der Waals surface area (Å²) in [6.07, 6.45) is 3.27. The molecule has 1 atom stereocenters. The molecule has 1 aromatic heterocycles. The van der Waals surface area contributed by atoms with Gasteiger partial charge in [0.25, 0.3) is 0 Å². The minimum Gasteiger partial charge on any atom is -0.390 e. The van der Waals surface area contributed by atoms with Gasteiger partial charge in [-0.05, 0) is 6.92 Å². The lowest BCUT2D eigenvalue weighted by Crippen LogP contribution is -2.18. The molecule has 2 N–H and O–H groups in total. The smallest absolute Gasteiger partial charge is 0.144 e. The quantitative estimate of drug-likeness (QED) is 0.716. The van der Waals surface area contributed by atoms with E-state index < -0.39 is 0 Å². The van der Waals surface area contributed by atoms with E-state index in [2.05, 4.69) is 15.3 Å². The second-order valence-electron chi connectivity index (χ2n) is 2.98. The topological polar surface area (TPSA) is 67.3 Å². The third-order valence-electron chi connectivity index (χ3n) is 1.82. The Bertz CT molecular complexity index is 281. The summed E-state index contributed by atoms with van der Waals surface area (Å²) in [6, 6.07) is 0. The molecule has 1 heterocycles. The molecule has 0 aliphatic heterocycles. The summed E-state index contributed by atoms with van der Waals surface area (Å²) >= 11 is 0. The van der Waals surface area contributed by atoms with Crippen LogP contribution in [-0.4, -0.2) is 34.8 Å². The number of aliphatic hydroxyl groups excluding tert-OH is 1. The van der Waals surface area contributed by atoms with E-state index >= 15 is 0 Å². The Hall–Kier alpha value is -1.20. The maximum atomic E-state index is 8.83. The first-order chi connectivity index (χ1) is 6.76. The van der Waals surface area contributed by atoms with Crippen LogP contribution in [0.25, 0.3) is 0 Å². The molecule has 0 aromatic carbocycles. The van der Waals surface area contributed by atoms with Crippen LogP contribution >= 0.6 is 0 Å². The van der Waals surface area contributed by atoms with Crippen LogP contribution in [0.3, 0.4) is 0 Å². The second kappa shape index (κ2) is 5.51. The van der Waals surface area contributed by atoms with Gasteiger partial charge in [0.05, 0.1) is 30.8 Å². The summed E-state index contributed by atoms with van der Waals surface area (Å²) in [4.78, 5) is 8.05. The van der Waals surface area contributed by atoms with Crippen LogP contribution in [0.1, 0.15) is 12.6 Å². The summed E-state index contributed by atoms with van der Waals surface area (Å²) < 4.78 is 5.07. The molecule has 1 aromatic rings. The third kappa shape index (κ3) is 3.27. The molecule has 0 aliphatic rings. The molecule has 0 radical (unpaired) electrons. The largest absolute Gasteiger partial charge is 0.390 e. The zero-order valence-electron chi connectivity index (χ0n) is 8.40. The van der Waals surface area contributed by atoms with Gasteiger partial charge in [-0.25, -0.2) is 4.98 Å². The van der Waals surface area contributed by atoms with Crippen molar-refractivity contribution in [1.29, 1.82) is 0 Å². The molecule has 0 spiro atoms. The number of aromatic nitrogens is 2. The highest BCUT2D eigenvalue weighted by Gasteiger charge is 2.00. The van der Waals surface area contributed by atoms with Gasteiger partial charge in [-0.3, -0.25) is 4.98 Å². The predicted molar refractivity (Wildman–Crippen MR) is 52.9 cm³/mol. The fourth-order valence-electron chi connectivity index (χ4n) is 0.899. The van der Waals surface area contributed by atoms with Gasteiger partial charge in [0, 0.05) is 13.7 Å². The number of hydrogen-bond acceptors (Lipinski definition) is 5. The molecule has 0 fully saturated rings. The molecule has 1 rings (SSSR count). The van der Waals surface area contributed by atoms with Gasteiger partial charge in [0.2, 0.25) is 0 Å². The fourth-order valence-corrected chi connectivity index (χ4v) is 0.899. The van der Waals surface area contributed by atoms with E-state index in [1.54, 1.807) is 13.3 Å². The van der Waals surface area contributed by atoms with Crippen LogP contribution in [0.2, 0.25) is 0 Å². The van der Waals surface area contributed by atoms with Crippen LogP contribution in [0.4, 0.5) is 5.82 Å². The molecule has 1 unspecified atom stereocenters. The number of anilines is 1. The third-order valence-corrected chi connectivity index (χ3v) is 1.82. The van der Waals surface area contributed by atoms with Crippen LogP contribution in [-0.2, 0) is 11.3 Å². The van der Waals surface area contributed by atoms with Gasteiger partial charge in [0.15, 0.2) is 0 Å². The van der Waals surface area contributed by atoms with Crippen molar-refractivity contribution in [2.45, 2.75) is 19.6 Å². The van der Waals surface area contributed by atoms with Crippen molar-refractivity contribution in [1.82, 2.24) is 9.97 Å². The zero-order chi connectivity index (χ0) is 10.4. The zero-order valence-corrected chi connectivity index (χ0v) is 8.40. The van der Waals surface area contributed by atoms with Gasteiger partial charge < -0.3 is 15.2 Å². The number of methoxy groups -OCH3 is 1. The highest BCUT2D eigenvalue weighted by atomic mass is 16.5. The maximum Gasteiger partial charge on any atom is 0.144 e. The van der Waals surface area contributed by atoms with Gasteiger partial charge in [-0.2, -0.15) is 0 Å². The van der Waals surface area contributed by atoms with Crippen molar-refractivity contribution >= 4 is 5.82 Å². The summed E-state index contributed by atoms with van der Waals surface area (Å²) in [7, 11) is 1.65. The molecule has 0 saturated carbocycles. The van der Waals surface area contributed by atoms with E-state index in [0.29, 0.717) is 18.1 Å². The van der Waals surface area contributed by atoms with Gasteiger partial charge in [-0.15, -0.1) is 0 Å². The van der Waals surface area contributed by atoms with E-state index in [1.165, 1.54) is 6.20 Å². The first-order valence-corrected chi connectivity index (χ1v) is 4.44. The van der Waals surface area contributed by atoms with Crippen molar-refractivity contribution in [3.63, 3.8) is 0 Å². The van der Waals surface area contributed by atoms with Crippen molar-refractivity contribution in [3.8, 4) is 0 Å². The molecule has 0 aliphatic carbocycles. The Morgan fingerprint density at radius 2 is 2.36 bits per heavy atom. The monoisotopic (exact) mass is 197 g/mol. The van der Waals surface area contributed by atoms with Gasteiger partial charge >= 0.3 is 0 Å². The maximum absolute atomic E-state index is 8.83. The van der Waals surface area contributed by atoms with E-state index in [1.807, 2.05) is 6.92 Å². The van der Waals surface area contributed by atoms with Crippen molar-refractivity contribution < 1.29 is 9.84 Å². The minimum atomic E-state index is -0.0949. The molecule has 0 bridgehead atoms. The standard InChI is InChI=1S/C9H15N3O2/c1-7(14-2)3-11-9-5-10-4-8(6-13)12-9/h4-5,7,13H,3,6H2,1-2H3,(H,11,12). The molecule has 78 valence electrons. The lowest BCUT2D eigenvalue weighted by Gasteiger charge is -2.11.